The van der Waals surface area contributed by atoms with Crippen molar-refractivity contribution in [2.45, 2.75) is 13.8 Å². The van der Waals surface area contributed by atoms with Crippen LogP contribution in [-0.4, -0.2) is 19.8 Å². The third-order valence-corrected chi connectivity index (χ3v) is 3.12. The number of nitrogen functional groups attached to an aromatic ring is 1. The first-order chi connectivity index (χ1) is 8.00. The van der Waals surface area contributed by atoms with Gasteiger partial charge in [0.25, 0.3) is 0 Å². The SMILES string of the molecule is CC(C)COCCOc1c(Br)cc(N)cc1Br. The van der Waals surface area contributed by atoms with Crippen molar-refractivity contribution in [1.29, 1.82) is 0 Å². The molecule has 0 aliphatic rings. The number of ether oxygens (including phenoxy) is 2. The van der Waals surface area contributed by atoms with Crippen molar-refractivity contribution in [3.8, 4) is 5.75 Å². The van der Waals surface area contributed by atoms with Crippen LogP contribution in [0.2, 0.25) is 0 Å². The molecule has 3 nitrogen and oxygen atoms in total. The van der Waals surface area contributed by atoms with Crippen LogP contribution in [-0.2, 0) is 4.74 Å². The second-order valence-electron chi connectivity index (χ2n) is 4.13. The standard InChI is InChI=1S/C12H17Br2NO2/c1-8(2)7-16-3-4-17-12-10(13)5-9(15)6-11(12)14/h5-6,8H,3-4,7,15H2,1-2H3. The topological polar surface area (TPSA) is 44.5 Å². The second-order valence-corrected chi connectivity index (χ2v) is 5.84. The van der Waals surface area contributed by atoms with Gasteiger partial charge in [-0.2, -0.15) is 0 Å². The van der Waals surface area contributed by atoms with Crippen molar-refractivity contribution < 1.29 is 9.47 Å². The van der Waals surface area contributed by atoms with E-state index in [-0.39, 0.29) is 0 Å². The van der Waals surface area contributed by atoms with Gasteiger partial charge in [-0.05, 0) is 49.9 Å². The average Bonchev–Trinajstić information content (AvgIpc) is 2.20. The zero-order chi connectivity index (χ0) is 12.8. The van der Waals surface area contributed by atoms with Gasteiger partial charge < -0.3 is 15.2 Å². The fraction of sp³-hybridized carbons (Fsp3) is 0.500. The molecule has 0 bridgehead atoms. The van der Waals surface area contributed by atoms with E-state index in [4.69, 9.17) is 15.2 Å². The lowest BCUT2D eigenvalue weighted by atomic mass is 10.2. The molecule has 17 heavy (non-hydrogen) atoms. The molecule has 1 aromatic rings. The van der Waals surface area contributed by atoms with Crippen molar-refractivity contribution in [3.05, 3.63) is 21.1 Å². The van der Waals surface area contributed by atoms with Gasteiger partial charge in [0.15, 0.2) is 0 Å². The molecule has 0 amide bonds. The minimum Gasteiger partial charge on any atom is -0.489 e. The summed E-state index contributed by atoms with van der Waals surface area (Å²) in [6, 6.07) is 3.63. The van der Waals surface area contributed by atoms with Crippen molar-refractivity contribution in [2.24, 2.45) is 5.92 Å². The molecule has 0 aromatic heterocycles. The molecular weight excluding hydrogens is 350 g/mol. The zero-order valence-electron chi connectivity index (χ0n) is 10.0. The zero-order valence-corrected chi connectivity index (χ0v) is 13.2. The van der Waals surface area contributed by atoms with Crippen molar-refractivity contribution in [2.75, 3.05) is 25.6 Å². The molecule has 2 N–H and O–H groups in total. The Morgan fingerprint density at radius 3 is 2.29 bits per heavy atom. The molecule has 1 rings (SSSR count). The Morgan fingerprint density at radius 2 is 1.76 bits per heavy atom. The fourth-order valence-corrected chi connectivity index (χ4v) is 2.69. The van der Waals surface area contributed by atoms with E-state index >= 15 is 0 Å². The van der Waals surface area contributed by atoms with Crippen molar-refractivity contribution in [3.63, 3.8) is 0 Å². The lowest BCUT2D eigenvalue weighted by Gasteiger charge is -2.12. The molecule has 0 aliphatic carbocycles. The maximum atomic E-state index is 5.70. The smallest absolute Gasteiger partial charge is 0.147 e. The molecule has 1 aromatic carbocycles. The third-order valence-electron chi connectivity index (χ3n) is 1.95. The molecule has 5 heteroatoms. The molecule has 0 fully saturated rings. The van der Waals surface area contributed by atoms with Crippen LogP contribution in [0, 0.1) is 5.92 Å². The highest BCUT2D eigenvalue weighted by Crippen LogP contribution is 2.35. The molecule has 0 unspecified atom stereocenters. The van der Waals surface area contributed by atoms with Crippen LogP contribution in [0.5, 0.6) is 5.75 Å². The maximum Gasteiger partial charge on any atom is 0.147 e. The van der Waals surface area contributed by atoms with Crippen LogP contribution < -0.4 is 10.5 Å². The number of halogens is 2. The summed E-state index contributed by atoms with van der Waals surface area (Å²) in [5.41, 5.74) is 6.38. The Bertz CT molecular complexity index is 347. The maximum absolute atomic E-state index is 5.70. The van der Waals surface area contributed by atoms with E-state index in [2.05, 4.69) is 45.7 Å². The number of rotatable bonds is 6. The molecule has 0 spiro atoms. The van der Waals surface area contributed by atoms with Gasteiger partial charge in [0, 0.05) is 12.3 Å². The fourth-order valence-electron chi connectivity index (χ4n) is 1.24. The Morgan fingerprint density at radius 1 is 1.18 bits per heavy atom. The van der Waals surface area contributed by atoms with Crippen LogP contribution >= 0.6 is 31.9 Å². The Hall–Kier alpha value is -0.260. The Labute approximate surface area is 119 Å². The highest BCUT2D eigenvalue weighted by molar-refractivity contribution is 9.11. The summed E-state index contributed by atoms with van der Waals surface area (Å²) in [6.45, 7) is 6.10. The predicted molar refractivity (Wildman–Crippen MR) is 77.4 cm³/mol. The number of benzene rings is 1. The lowest BCUT2D eigenvalue weighted by Crippen LogP contribution is -2.10. The predicted octanol–water partition coefficient (Wildman–Crippen LogP) is 3.85. The summed E-state index contributed by atoms with van der Waals surface area (Å²) in [5, 5.41) is 0. The first kappa shape index (κ1) is 14.8. The van der Waals surface area contributed by atoms with E-state index in [0.29, 0.717) is 24.8 Å². The van der Waals surface area contributed by atoms with Gasteiger partial charge >= 0.3 is 0 Å². The third kappa shape index (κ3) is 5.27. The number of nitrogens with two attached hydrogens (primary N) is 1. The second kappa shape index (κ2) is 7.24. The summed E-state index contributed by atoms with van der Waals surface area (Å²) in [5.74, 6) is 1.30. The average molecular weight is 367 g/mol. The molecule has 0 heterocycles. The van der Waals surface area contributed by atoms with E-state index < -0.39 is 0 Å². The molecule has 0 atom stereocenters. The van der Waals surface area contributed by atoms with Crippen LogP contribution in [0.15, 0.2) is 21.1 Å². The molecule has 0 radical (unpaired) electrons. The van der Waals surface area contributed by atoms with Crippen molar-refractivity contribution >= 4 is 37.5 Å². The first-order valence-corrected chi connectivity index (χ1v) is 7.04. The molecular formula is C12H17Br2NO2. The highest BCUT2D eigenvalue weighted by atomic mass is 79.9. The largest absolute Gasteiger partial charge is 0.489 e. The minimum absolute atomic E-state index is 0.522. The normalized spacial score (nSPS) is 10.9. The van der Waals surface area contributed by atoms with E-state index in [0.717, 1.165) is 21.3 Å². The molecule has 0 aliphatic heterocycles. The molecule has 96 valence electrons. The van der Waals surface area contributed by atoms with E-state index in [9.17, 15) is 0 Å². The summed E-state index contributed by atoms with van der Waals surface area (Å²) < 4.78 is 12.8. The van der Waals surface area contributed by atoms with Crippen molar-refractivity contribution in [1.82, 2.24) is 0 Å². The monoisotopic (exact) mass is 365 g/mol. The van der Waals surface area contributed by atoms with Gasteiger partial charge in [0.1, 0.15) is 12.4 Å². The summed E-state index contributed by atoms with van der Waals surface area (Å²) >= 11 is 6.83. The van der Waals surface area contributed by atoms with E-state index in [1.165, 1.54) is 0 Å². The lowest BCUT2D eigenvalue weighted by molar-refractivity contribution is 0.0815. The van der Waals surface area contributed by atoms with Crippen LogP contribution in [0.25, 0.3) is 0 Å². The highest BCUT2D eigenvalue weighted by Gasteiger charge is 2.07. The summed E-state index contributed by atoms with van der Waals surface area (Å²) in [7, 11) is 0. The Balaban J connectivity index is 2.42. The van der Waals surface area contributed by atoms with Gasteiger partial charge in [-0.15, -0.1) is 0 Å². The van der Waals surface area contributed by atoms with Crippen LogP contribution in [0.1, 0.15) is 13.8 Å². The first-order valence-electron chi connectivity index (χ1n) is 5.45. The van der Waals surface area contributed by atoms with Gasteiger partial charge in [-0.3, -0.25) is 0 Å². The minimum atomic E-state index is 0.522. The number of anilines is 1. The van der Waals surface area contributed by atoms with E-state index in [1.54, 1.807) is 0 Å². The van der Waals surface area contributed by atoms with Crippen LogP contribution in [0.3, 0.4) is 0 Å². The Kier molecular flexibility index (Phi) is 6.30. The number of hydrogen-bond donors (Lipinski definition) is 1. The summed E-state index contributed by atoms with van der Waals surface area (Å²) in [4.78, 5) is 0. The van der Waals surface area contributed by atoms with Crippen LogP contribution in [0.4, 0.5) is 5.69 Å². The number of hydrogen-bond acceptors (Lipinski definition) is 3. The quantitative estimate of drug-likeness (QED) is 0.614. The molecule has 0 saturated carbocycles. The van der Waals surface area contributed by atoms with Gasteiger partial charge in [0.2, 0.25) is 0 Å². The molecule has 0 saturated heterocycles. The van der Waals surface area contributed by atoms with Gasteiger partial charge in [-0.25, -0.2) is 0 Å². The summed E-state index contributed by atoms with van der Waals surface area (Å²) in [6.07, 6.45) is 0. The van der Waals surface area contributed by atoms with Gasteiger partial charge in [-0.1, -0.05) is 13.8 Å². The van der Waals surface area contributed by atoms with Gasteiger partial charge in [0.05, 0.1) is 15.6 Å². The van der Waals surface area contributed by atoms with E-state index in [1.807, 2.05) is 12.1 Å².